The third-order valence-corrected chi connectivity index (χ3v) is 6.49. The van der Waals surface area contributed by atoms with Crippen LogP contribution < -0.4 is 28.4 Å². The zero-order chi connectivity index (χ0) is 25.8. The van der Waals surface area contributed by atoms with Crippen LogP contribution in [0.4, 0.5) is 0 Å². The summed E-state index contributed by atoms with van der Waals surface area (Å²) in [7, 11) is 9.52. The molecule has 8 nitrogen and oxygen atoms in total. The first-order chi connectivity index (χ1) is 17.5. The van der Waals surface area contributed by atoms with Crippen molar-refractivity contribution in [3.63, 3.8) is 0 Å². The topological polar surface area (TPSA) is 75.7 Å². The molecule has 0 unspecified atom stereocenters. The van der Waals surface area contributed by atoms with E-state index in [2.05, 4.69) is 0 Å². The van der Waals surface area contributed by atoms with Gasteiger partial charge in [0, 0.05) is 12.1 Å². The van der Waals surface area contributed by atoms with E-state index < -0.39 is 6.04 Å². The van der Waals surface area contributed by atoms with Crippen LogP contribution in [0.25, 0.3) is 0 Å². The third-order valence-electron chi connectivity index (χ3n) is 6.49. The summed E-state index contributed by atoms with van der Waals surface area (Å²) in [5, 5.41) is 0. The van der Waals surface area contributed by atoms with Crippen LogP contribution >= 0.6 is 0 Å². The lowest BCUT2D eigenvalue weighted by Crippen LogP contribution is -2.40. The van der Waals surface area contributed by atoms with Gasteiger partial charge in [0.2, 0.25) is 0 Å². The number of carbonyl (C=O) groups excluding carboxylic acids is 1. The lowest BCUT2D eigenvalue weighted by atomic mass is 9.87. The van der Waals surface area contributed by atoms with Gasteiger partial charge in [-0.15, -0.1) is 0 Å². The fourth-order valence-electron chi connectivity index (χ4n) is 4.68. The molecule has 36 heavy (non-hydrogen) atoms. The molecule has 1 aliphatic rings. The molecule has 0 spiro atoms. The zero-order valence-electron chi connectivity index (χ0n) is 21.4. The summed E-state index contributed by atoms with van der Waals surface area (Å²) in [6, 6.07) is 14.4. The van der Waals surface area contributed by atoms with E-state index in [1.807, 2.05) is 35.2 Å². The number of carbonyl (C=O) groups is 1. The third kappa shape index (κ3) is 4.46. The molecule has 0 fully saturated rings. The smallest absolute Gasteiger partial charge is 0.254 e. The molecule has 3 aromatic rings. The van der Waals surface area contributed by atoms with Crippen LogP contribution in [0.1, 0.15) is 33.1 Å². The standard InChI is InChI=1S/C28H31NO7/c1-31-21-9-7-18(14-23(21)33-3)27-20-16-26(36-6)25(35-5)13-17(20)11-12-29(27)28(30)19-8-10-22(32-2)24(15-19)34-4/h7-10,13-16,27H,11-12H2,1-6H3/t27-/m0/s1. The second kappa shape index (κ2) is 10.7. The molecular formula is C28H31NO7. The Hall–Kier alpha value is -4.07. The molecule has 8 heteroatoms. The van der Waals surface area contributed by atoms with Gasteiger partial charge in [0.1, 0.15) is 0 Å². The van der Waals surface area contributed by atoms with Crippen molar-refractivity contribution in [2.45, 2.75) is 12.5 Å². The molecule has 0 bridgehead atoms. The number of hydrogen-bond acceptors (Lipinski definition) is 7. The van der Waals surface area contributed by atoms with Crippen LogP contribution in [-0.2, 0) is 6.42 Å². The van der Waals surface area contributed by atoms with E-state index in [0.717, 1.165) is 16.7 Å². The summed E-state index contributed by atoms with van der Waals surface area (Å²) in [4.78, 5) is 15.8. The Bertz CT molecular complexity index is 1260. The first kappa shape index (κ1) is 25.0. The summed E-state index contributed by atoms with van der Waals surface area (Å²) >= 11 is 0. The van der Waals surface area contributed by atoms with Gasteiger partial charge in [0.15, 0.2) is 34.5 Å². The minimum absolute atomic E-state index is 0.129. The average molecular weight is 494 g/mol. The van der Waals surface area contributed by atoms with Crippen LogP contribution in [0.15, 0.2) is 48.5 Å². The Morgan fingerprint density at radius 1 is 0.667 bits per heavy atom. The molecular weight excluding hydrogens is 462 g/mol. The summed E-state index contributed by atoms with van der Waals surface area (Å²) in [6.45, 7) is 0.509. The van der Waals surface area contributed by atoms with Crippen molar-refractivity contribution in [1.29, 1.82) is 0 Å². The molecule has 3 aromatic carbocycles. The van der Waals surface area contributed by atoms with E-state index in [4.69, 9.17) is 28.4 Å². The summed E-state index contributed by atoms with van der Waals surface area (Å²) in [5.41, 5.74) is 3.43. The summed E-state index contributed by atoms with van der Waals surface area (Å²) < 4.78 is 32.9. The summed E-state index contributed by atoms with van der Waals surface area (Å²) in [5.74, 6) is 3.38. The SMILES string of the molecule is COc1ccc(C(=O)N2CCc3cc(OC)c(OC)cc3[C@@H]2c2ccc(OC)c(OC)c2)cc1OC. The van der Waals surface area contributed by atoms with Crippen molar-refractivity contribution in [3.05, 3.63) is 70.8 Å². The average Bonchev–Trinajstić information content (AvgIpc) is 2.94. The van der Waals surface area contributed by atoms with Crippen LogP contribution in [0.5, 0.6) is 34.5 Å². The second-order valence-corrected chi connectivity index (χ2v) is 8.24. The van der Waals surface area contributed by atoms with Crippen LogP contribution in [0.3, 0.4) is 0 Å². The second-order valence-electron chi connectivity index (χ2n) is 8.24. The quantitative estimate of drug-likeness (QED) is 0.457. The van der Waals surface area contributed by atoms with Crippen LogP contribution in [0, 0.1) is 0 Å². The highest BCUT2D eigenvalue weighted by atomic mass is 16.5. The molecule has 0 aromatic heterocycles. The fraction of sp³-hybridized carbons (Fsp3) is 0.321. The number of amides is 1. The molecule has 0 radical (unpaired) electrons. The number of methoxy groups -OCH3 is 6. The minimum atomic E-state index is -0.394. The van der Waals surface area contributed by atoms with Crippen molar-refractivity contribution in [2.75, 3.05) is 49.2 Å². The Morgan fingerprint density at radius 3 is 1.81 bits per heavy atom. The molecule has 0 saturated carbocycles. The van der Waals surface area contributed by atoms with Crippen LogP contribution in [0.2, 0.25) is 0 Å². The van der Waals surface area contributed by atoms with E-state index in [-0.39, 0.29) is 5.91 Å². The van der Waals surface area contributed by atoms with Gasteiger partial charge in [-0.25, -0.2) is 0 Å². The monoisotopic (exact) mass is 493 g/mol. The molecule has 1 amide bonds. The molecule has 4 rings (SSSR count). The first-order valence-corrected chi connectivity index (χ1v) is 11.5. The number of nitrogens with zero attached hydrogens (tertiary/aromatic N) is 1. The molecule has 0 saturated heterocycles. The van der Waals surface area contributed by atoms with Crippen molar-refractivity contribution in [2.24, 2.45) is 0 Å². The molecule has 1 atom stereocenters. The predicted molar refractivity (Wildman–Crippen MR) is 135 cm³/mol. The van der Waals surface area contributed by atoms with E-state index in [1.165, 1.54) is 0 Å². The largest absolute Gasteiger partial charge is 0.493 e. The van der Waals surface area contributed by atoms with Gasteiger partial charge in [-0.2, -0.15) is 0 Å². The highest BCUT2D eigenvalue weighted by Gasteiger charge is 2.34. The number of hydrogen-bond donors (Lipinski definition) is 0. The van der Waals surface area contributed by atoms with Crippen molar-refractivity contribution in [1.82, 2.24) is 4.90 Å². The molecule has 1 aliphatic heterocycles. The lowest BCUT2D eigenvalue weighted by Gasteiger charge is -2.38. The van der Waals surface area contributed by atoms with Gasteiger partial charge in [0.25, 0.3) is 5.91 Å². The normalized spacial score (nSPS) is 14.5. The van der Waals surface area contributed by atoms with Gasteiger partial charge in [0.05, 0.1) is 48.7 Å². The number of benzene rings is 3. The molecule has 1 heterocycles. The van der Waals surface area contributed by atoms with Crippen molar-refractivity contribution in [3.8, 4) is 34.5 Å². The number of rotatable bonds is 8. The van der Waals surface area contributed by atoms with Gasteiger partial charge in [-0.05, 0) is 65.6 Å². The van der Waals surface area contributed by atoms with Crippen LogP contribution in [-0.4, -0.2) is 60.0 Å². The highest BCUT2D eigenvalue weighted by molar-refractivity contribution is 5.95. The summed E-state index contributed by atoms with van der Waals surface area (Å²) in [6.07, 6.45) is 0.665. The maximum Gasteiger partial charge on any atom is 0.254 e. The lowest BCUT2D eigenvalue weighted by molar-refractivity contribution is 0.0693. The minimum Gasteiger partial charge on any atom is -0.493 e. The van der Waals surface area contributed by atoms with Crippen molar-refractivity contribution < 1.29 is 33.2 Å². The predicted octanol–water partition coefficient (Wildman–Crippen LogP) is 4.53. The Labute approximate surface area is 211 Å². The Kier molecular flexibility index (Phi) is 7.43. The maximum atomic E-state index is 13.9. The Morgan fingerprint density at radius 2 is 1.19 bits per heavy atom. The van der Waals surface area contributed by atoms with Gasteiger partial charge >= 0.3 is 0 Å². The van der Waals surface area contributed by atoms with Gasteiger partial charge in [-0.3, -0.25) is 4.79 Å². The molecule has 0 N–H and O–H groups in total. The Balaban J connectivity index is 1.87. The van der Waals surface area contributed by atoms with Crippen molar-refractivity contribution >= 4 is 5.91 Å². The molecule has 0 aliphatic carbocycles. The number of fused-ring (bicyclic) bond motifs is 1. The zero-order valence-corrected chi connectivity index (χ0v) is 21.4. The fourth-order valence-corrected chi connectivity index (χ4v) is 4.68. The van der Waals surface area contributed by atoms with E-state index in [0.29, 0.717) is 53.0 Å². The highest BCUT2D eigenvalue weighted by Crippen LogP contribution is 2.43. The van der Waals surface area contributed by atoms with Gasteiger partial charge in [-0.1, -0.05) is 6.07 Å². The van der Waals surface area contributed by atoms with E-state index >= 15 is 0 Å². The number of ether oxygens (including phenoxy) is 6. The van der Waals surface area contributed by atoms with Gasteiger partial charge < -0.3 is 33.3 Å². The first-order valence-electron chi connectivity index (χ1n) is 11.5. The maximum absolute atomic E-state index is 13.9. The molecule has 190 valence electrons. The van der Waals surface area contributed by atoms with E-state index in [9.17, 15) is 4.79 Å². The van der Waals surface area contributed by atoms with E-state index in [1.54, 1.807) is 60.9 Å².